The largest absolute Gasteiger partial charge is 0.373 e. The van der Waals surface area contributed by atoms with E-state index in [2.05, 4.69) is 26.3 Å². The molecule has 100 valence electrons. The van der Waals surface area contributed by atoms with Gasteiger partial charge < -0.3 is 5.32 Å². The quantitative estimate of drug-likeness (QED) is 0.912. The highest BCUT2D eigenvalue weighted by atomic mass is 35.5. The molecule has 0 aliphatic heterocycles. The van der Waals surface area contributed by atoms with Gasteiger partial charge in [-0.15, -0.1) is 0 Å². The highest BCUT2D eigenvalue weighted by Gasteiger charge is 2.07. The predicted octanol–water partition coefficient (Wildman–Crippen LogP) is 2.80. The van der Waals surface area contributed by atoms with Crippen LogP contribution in [-0.4, -0.2) is 29.0 Å². The summed E-state index contributed by atoms with van der Waals surface area (Å²) in [6, 6.07) is 7.74. The molecule has 0 fully saturated rings. The number of anilines is 1. The van der Waals surface area contributed by atoms with Crippen molar-refractivity contribution in [2.45, 2.75) is 13.1 Å². The predicted molar refractivity (Wildman–Crippen MR) is 78.2 cm³/mol. The van der Waals surface area contributed by atoms with Crippen LogP contribution in [0.4, 0.5) is 5.82 Å². The Balaban J connectivity index is 2.04. The maximum atomic E-state index is 6.17. The van der Waals surface area contributed by atoms with Crippen molar-refractivity contribution in [2.75, 3.05) is 19.4 Å². The Morgan fingerprint density at radius 3 is 2.79 bits per heavy atom. The molecule has 2 aromatic heterocycles. The Morgan fingerprint density at radius 1 is 1.26 bits per heavy atom. The Hall–Kier alpha value is -1.65. The van der Waals surface area contributed by atoms with E-state index < -0.39 is 0 Å². The summed E-state index contributed by atoms with van der Waals surface area (Å²) in [4.78, 5) is 10.7. The number of rotatable bonds is 5. The summed E-state index contributed by atoms with van der Waals surface area (Å²) in [5.41, 5.74) is 2.05. The molecule has 0 saturated carbocycles. The monoisotopic (exact) mass is 276 g/mol. The van der Waals surface area contributed by atoms with E-state index in [9.17, 15) is 0 Å². The van der Waals surface area contributed by atoms with Gasteiger partial charge in [-0.05, 0) is 30.8 Å². The van der Waals surface area contributed by atoms with E-state index in [0.29, 0.717) is 11.6 Å². The smallest absolute Gasteiger partial charge is 0.126 e. The molecule has 0 spiro atoms. The fraction of sp³-hybridized carbons (Fsp3) is 0.286. The highest BCUT2D eigenvalue weighted by molar-refractivity contribution is 6.31. The first-order valence-corrected chi connectivity index (χ1v) is 6.47. The highest BCUT2D eigenvalue weighted by Crippen LogP contribution is 2.18. The lowest BCUT2D eigenvalue weighted by molar-refractivity contribution is 0.315. The van der Waals surface area contributed by atoms with Gasteiger partial charge in [0.2, 0.25) is 0 Å². The van der Waals surface area contributed by atoms with Crippen LogP contribution in [0.5, 0.6) is 0 Å². The van der Waals surface area contributed by atoms with Crippen molar-refractivity contribution in [3.05, 3.63) is 52.9 Å². The van der Waals surface area contributed by atoms with Gasteiger partial charge in [-0.1, -0.05) is 17.7 Å². The summed E-state index contributed by atoms with van der Waals surface area (Å²) in [6.07, 6.45) is 3.65. The molecule has 5 heteroatoms. The summed E-state index contributed by atoms with van der Waals surface area (Å²) < 4.78 is 0. The molecular weight excluding hydrogens is 260 g/mol. The average Bonchev–Trinajstić information content (AvgIpc) is 2.42. The number of pyridine rings is 2. The van der Waals surface area contributed by atoms with Crippen molar-refractivity contribution in [1.82, 2.24) is 14.9 Å². The summed E-state index contributed by atoms with van der Waals surface area (Å²) in [7, 11) is 3.89. The van der Waals surface area contributed by atoms with Crippen LogP contribution in [-0.2, 0) is 13.1 Å². The molecule has 0 radical (unpaired) electrons. The minimum atomic E-state index is 0.692. The first-order chi connectivity index (χ1) is 9.19. The Labute approximate surface area is 118 Å². The van der Waals surface area contributed by atoms with Crippen LogP contribution in [0.2, 0.25) is 5.02 Å². The number of nitrogens with one attached hydrogen (secondary N) is 1. The van der Waals surface area contributed by atoms with E-state index >= 15 is 0 Å². The minimum Gasteiger partial charge on any atom is -0.373 e. The number of aromatic nitrogens is 2. The summed E-state index contributed by atoms with van der Waals surface area (Å²) >= 11 is 6.17. The zero-order valence-corrected chi connectivity index (χ0v) is 11.9. The van der Waals surface area contributed by atoms with E-state index in [4.69, 9.17) is 11.6 Å². The number of hydrogen-bond donors (Lipinski definition) is 1. The van der Waals surface area contributed by atoms with Crippen LogP contribution in [0, 0.1) is 0 Å². The summed E-state index contributed by atoms with van der Waals surface area (Å²) in [6.45, 7) is 1.51. The molecule has 0 saturated heterocycles. The first-order valence-electron chi connectivity index (χ1n) is 6.09. The molecule has 0 aliphatic rings. The van der Waals surface area contributed by atoms with Crippen LogP contribution >= 0.6 is 11.6 Å². The Bertz CT molecular complexity index is 530. The van der Waals surface area contributed by atoms with Crippen molar-refractivity contribution >= 4 is 17.4 Å². The van der Waals surface area contributed by atoms with Crippen LogP contribution in [0.15, 0.2) is 36.7 Å². The van der Waals surface area contributed by atoms with Crippen LogP contribution in [0.1, 0.15) is 11.3 Å². The average molecular weight is 277 g/mol. The molecule has 4 nitrogen and oxygen atoms in total. The van der Waals surface area contributed by atoms with Crippen molar-refractivity contribution in [3.8, 4) is 0 Å². The topological polar surface area (TPSA) is 41.0 Å². The second-order valence-electron chi connectivity index (χ2n) is 4.41. The van der Waals surface area contributed by atoms with Crippen LogP contribution in [0.25, 0.3) is 0 Å². The zero-order valence-electron chi connectivity index (χ0n) is 11.1. The van der Waals surface area contributed by atoms with Crippen molar-refractivity contribution in [2.24, 2.45) is 0 Å². The SMILES string of the molecule is CNc1ccc(Cl)c(CN(C)Cc2cccnc2)n1. The summed E-state index contributed by atoms with van der Waals surface area (Å²) in [5.74, 6) is 0.828. The third kappa shape index (κ3) is 3.91. The van der Waals surface area contributed by atoms with Crippen molar-refractivity contribution in [1.29, 1.82) is 0 Å². The Kier molecular flexibility index (Phi) is 4.71. The van der Waals surface area contributed by atoms with E-state index in [-0.39, 0.29) is 0 Å². The van der Waals surface area contributed by atoms with Gasteiger partial charge in [0.15, 0.2) is 0 Å². The maximum Gasteiger partial charge on any atom is 0.126 e. The lowest BCUT2D eigenvalue weighted by Crippen LogP contribution is -2.18. The second-order valence-corrected chi connectivity index (χ2v) is 4.82. The molecular formula is C14H17ClN4. The molecule has 2 aromatic rings. The Morgan fingerprint density at radius 2 is 2.11 bits per heavy atom. The second kappa shape index (κ2) is 6.50. The van der Waals surface area contributed by atoms with E-state index in [1.54, 1.807) is 6.20 Å². The third-order valence-electron chi connectivity index (χ3n) is 2.77. The lowest BCUT2D eigenvalue weighted by atomic mass is 10.2. The van der Waals surface area contributed by atoms with Gasteiger partial charge in [0, 0.05) is 32.5 Å². The maximum absolute atomic E-state index is 6.17. The molecule has 0 bridgehead atoms. The molecule has 2 heterocycles. The third-order valence-corrected chi connectivity index (χ3v) is 3.11. The molecule has 0 aromatic carbocycles. The fourth-order valence-electron chi connectivity index (χ4n) is 1.85. The first kappa shape index (κ1) is 13.8. The van der Waals surface area contributed by atoms with E-state index in [1.807, 2.05) is 38.5 Å². The van der Waals surface area contributed by atoms with Crippen molar-refractivity contribution in [3.63, 3.8) is 0 Å². The molecule has 0 amide bonds. The molecule has 2 rings (SSSR count). The van der Waals surface area contributed by atoms with E-state index in [1.165, 1.54) is 5.56 Å². The molecule has 0 atom stereocenters. The van der Waals surface area contributed by atoms with E-state index in [0.717, 1.165) is 18.1 Å². The van der Waals surface area contributed by atoms with Gasteiger partial charge in [0.25, 0.3) is 0 Å². The molecule has 0 aliphatic carbocycles. The van der Waals surface area contributed by atoms with Gasteiger partial charge in [-0.25, -0.2) is 4.98 Å². The van der Waals surface area contributed by atoms with Gasteiger partial charge >= 0.3 is 0 Å². The standard InChI is InChI=1S/C14H17ClN4/c1-16-14-6-5-12(15)13(18-14)10-19(2)9-11-4-3-7-17-8-11/h3-8H,9-10H2,1-2H3,(H,16,18). The zero-order chi connectivity index (χ0) is 13.7. The number of nitrogens with zero attached hydrogens (tertiary/aromatic N) is 3. The van der Waals surface area contributed by atoms with Gasteiger partial charge in [0.05, 0.1) is 10.7 Å². The fourth-order valence-corrected chi connectivity index (χ4v) is 2.01. The van der Waals surface area contributed by atoms with Crippen molar-refractivity contribution < 1.29 is 0 Å². The molecule has 19 heavy (non-hydrogen) atoms. The molecule has 0 unspecified atom stereocenters. The summed E-state index contributed by atoms with van der Waals surface area (Å²) in [5, 5.41) is 3.71. The normalized spacial score (nSPS) is 10.7. The van der Waals surface area contributed by atoms with Gasteiger partial charge in [0.1, 0.15) is 5.82 Å². The minimum absolute atomic E-state index is 0.692. The van der Waals surface area contributed by atoms with Gasteiger partial charge in [-0.3, -0.25) is 9.88 Å². The number of hydrogen-bond acceptors (Lipinski definition) is 4. The van der Waals surface area contributed by atoms with Crippen LogP contribution < -0.4 is 5.32 Å². The van der Waals surface area contributed by atoms with Gasteiger partial charge in [-0.2, -0.15) is 0 Å². The number of halogens is 1. The molecule has 1 N–H and O–H groups in total. The lowest BCUT2D eigenvalue weighted by Gasteiger charge is -2.17. The van der Waals surface area contributed by atoms with Crippen LogP contribution in [0.3, 0.4) is 0 Å².